The van der Waals surface area contributed by atoms with Gasteiger partial charge in [-0.15, -0.1) is 0 Å². The number of hydrazone groups is 1. The number of nitrogens with one attached hydrogen (secondary N) is 1. The molecule has 1 saturated carbocycles. The second-order valence-electron chi connectivity index (χ2n) is 7.55. The van der Waals surface area contributed by atoms with Gasteiger partial charge < -0.3 is 20.5 Å². The Kier molecular flexibility index (Phi) is 3.89. The molecule has 7 nitrogen and oxygen atoms in total. The van der Waals surface area contributed by atoms with Gasteiger partial charge in [-0.05, 0) is 56.0 Å². The SMILES string of the molecule is CC1Cc2cc3c(cc2C(c2ccc(N)cc2)=NN1C(=O)NC1CC1)OCO3. The number of fused-ring (bicyclic) bond motifs is 2. The fourth-order valence-electron chi connectivity index (χ4n) is 3.61. The molecule has 3 aliphatic rings. The van der Waals surface area contributed by atoms with Gasteiger partial charge >= 0.3 is 6.03 Å². The minimum Gasteiger partial charge on any atom is -0.454 e. The van der Waals surface area contributed by atoms with Crippen LogP contribution in [-0.2, 0) is 6.42 Å². The normalized spacial score (nSPS) is 20.2. The molecule has 3 N–H and O–H groups in total. The van der Waals surface area contributed by atoms with Crippen LogP contribution in [0.4, 0.5) is 10.5 Å². The highest BCUT2D eigenvalue weighted by Gasteiger charge is 2.32. The summed E-state index contributed by atoms with van der Waals surface area (Å²) in [4.78, 5) is 12.8. The molecular weight excluding hydrogens is 356 g/mol. The average Bonchev–Trinajstić information content (AvgIpc) is 3.39. The third-order valence-electron chi connectivity index (χ3n) is 5.29. The summed E-state index contributed by atoms with van der Waals surface area (Å²) in [6.07, 6.45) is 2.74. The van der Waals surface area contributed by atoms with Gasteiger partial charge in [0.1, 0.15) is 0 Å². The minimum absolute atomic E-state index is 0.0934. The van der Waals surface area contributed by atoms with Crippen LogP contribution in [0.15, 0.2) is 41.5 Å². The number of nitrogens with zero attached hydrogens (tertiary/aromatic N) is 2. The lowest BCUT2D eigenvalue weighted by Crippen LogP contribution is -2.43. The summed E-state index contributed by atoms with van der Waals surface area (Å²) in [6.45, 7) is 2.23. The van der Waals surface area contributed by atoms with Crippen molar-refractivity contribution in [2.75, 3.05) is 12.5 Å². The van der Waals surface area contributed by atoms with Crippen molar-refractivity contribution in [3.8, 4) is 11.5 Å². The summed E-state index contributed by atoms with van der Waals surface area (Å²) in [5.41, 5.74) is 10.2. The van der Waals surface area contributed by atoms with Gasteiger partial charge in [0.15, 0.2) is 11.5 Å². The van der Waals surface area contributed by atoms with Crippen LogP contribution in [0.5, 0.6) is 11.5 Å². The standard InChI is InChI=1S/C21H22N4O3/c1-12-8-14-9-18-19(28-11-27-18)10-17(14)20(13-2-4-15(22)5-3-13)24-25(12)21(26)23-16-6-7-16/h2-5,9-10,12,16H,6-8,11,22H2,1H3,(H,23,26). The maximum atomic E-state index is 12.8. The highest BCUT2D eigenvalue weighted by molar-refractivity contribution is 6.14. The van der Waals surface area contributed by atoms with E-state index in [1.165, 1.54) is 0 Å². The first-order chi connectivity index (χ1) is 13.6. The number of nitrogen functional groups attached to an aromatic ring is 1. The van der Waals surface area contributed by atoms with Crippen molar-refractivity contribution in [1.82, 2.24) is 10.3 Å². The van der Waals surface area contributed by atoms with Gasteiger partial charge in [0.25, 0.3) is 0 Å². The van der Waals surface area contributed by atoms with Crippen molar-refractivity contribution in [3.63, 3.8) is 0 Å². The maximum absolute atomic E-state index is 12.8. The Morgan fingerprint density at radius 2 is 1.89 bits per heavy atom. The van der Waals surface area contributed by atoms with E-state index in [0.717, 1.165) is 41.0 Å². The molecule has 0 aromatic heterocycles. The van der Waals surface area contributed by atoms with Crippen molar-refractivity contribution >= 4 is 17.4 Å². The molecule has 1 aliphatic carbocycles. The fourth-order valence-corrected chi connectivity index (χ4v) is 3.61. The topological polar surface area (TPSA) is 89.2 Å². The number of hydrogen-bond donors (Lipinski definition) is 2. The van der Waals surface area contributed by atoms with Crippen LogP contribution in [0, 0.1) is 0 Å². The quantitative estimate of drug-likeness (QED) is 0.787. The number of amides is 2. The van der Waals surface area contributed by atoms with Crippen molar-refractivity contribution in [1.29, 1.82) is 0 Å². The van der Waals surface area contributed by atoms with Gasteiger partial charge in [-0.25, -0.2) is 9.80 Å². The third kappa shape index (κ3) is 3.02. The molecule has 2 heterocycles. The number of hydrogen-bond acceptors (Lipinski definition) is 5. The molecule has 144 valence electrons. The molecule has 0 spiro atoms. The zero-order valence-corrected chi connectivity index (χ0v) is 15.6. The molecule has 1 unspecified atom stereocenters. The van der Waals surface area contributed by atoms with E-state index in [1.807, 2.05) is 43.3 Å². The monoisotopic (exact) mass is 378 g/mol. The van der Waals surface area contributed by atoms with Gasteiger partial charge in [0.05, 0.1) is 11.8 Å². The number of carbonyl (C=O) groups is 1. The Morgan fingerprint density at radius 1 is 1.18 bits per heavy atom. The van der Waals surface area contributed by atoms with Gasteiger partial charge in [0, 0.05) is 22.9 Å². The van der Waals surface area contributed by atoms with Crippen molar-refractivity contribution in [2.45, 2.75) is 38.3 Å². The van der Waals surface area contributed by atoms with Crippen molar-refractivity contribution in [3.05, 3.63) is 53.1 Å². The van der Waals surface area contributed by atoms with E-state index in [2.05, 4.69) is 5.32 Å². The molecule has 2 amide bonds. The molecule has 28 heavy (non-hydrogen) atoms. The number of nitrogens with two attached hydrogens (primary N) is 1. The number of carbonyl (C=O) groups excluding carboxylic acids is 1. The van der Waals surface area contributed by atoms with E-state index < -0.39 is 0 Å². The molecular formula is C21H22N4O3. The van der Waals surface area contributed by atoms with Crippen LogP contribution in [0.3, 0.4) is 0 Å². The second kappa shape index (κ2) is 6.44. The lowest BCUT2D eigenvalue weighted by atomic mass is 9.94. The predicted octanol–water partition coefficient (Wildman–Crippen LogP) is 2.87. The molecule has 5 rings (SSSR count). The first-order valence-corrected chi connectivity index (χ1v) is 9.55. The Balaban J connectivity index is 1.63. The number of benzene rings is 2. The Labute approximate surface area is 163 Å². The lowest BCUT2D eigenvalue weighted by Gasteiger charge is -2.23. The molecule has 7 heteroatoms. The van der Waals surface area contributed by atoms with E-state index in [1.54, 1.807) is 5.01 Å². The van der Waals surface area contributed by atoms with Crippen LogP contribution in [0.2, 0.25) is 0 Å². The summed E-state index contributed by atoms with van der Waals surface area (Å²) >= 11 is 0. The average molecular weight is 378 g/mol. The molecule has 0 radical (unpaired) electrons. The van der Waals surface area contributed by atoms with Crippen molar-refractivity contribution < 1.29 is 14.3 Å². The smallest absolute Gasteiger partial charge is 0.338 e. The number of ether oxygens (including phenoxy) is 2. The lowest BCUT2D eigenvalue weighted by molar-refractivity contribution is 0.174. The van der Waals surface area contributed by atoms with Crippen LogP contribution < -0.4 is 20.5 Å². The molecule has 0 saturated heterocycles. The summed E-state index contributed by atoms with van der Waals surface area (Å²) in [7, 11) is 0. The Morgan fingerprint density at radius 3 is 2.61 bits per heavy atom. The number of rotatable bonds is 2. The van der Waals surface area contributed by atoms with Crippen LogP contribution in [0.1, 0.15) is 36.5 Å². The van der Waals surface area contributed by atoms with Crippen LogP contribution >= 0.6 is 0 Å². The molecule has 2 aromatic rings. The molecule has 2 aliphatic heterocycles. The van der Waals surface area contributed by atoms with Gasteiger partial charge in [0.2, 0.25) is 6.79 Å². The number of urea groups is 1. The highest BCUT2D eigenvalue weighted by atomic mass is 16.7. The molecule has 2 aromatic carbocycles. The fraction of sp³-hybridized carbons (Fsp3) is 0.333. The van der Waals surface area contributed by atoms with Gasteiger partial charge in [-0.1, -0.05) is 12.1 Å². The van der Waals surface area contributed by atoms with Gasteiger partial charge in [-0.3, -0.25) is 0 Å². The van der Waals surface area contributed by atoms with Gasteiger partial charge in [-0.2, -0.15) is 5.10 Å². The van der Waals surface area contributed by atoms with E-state index in [0.29, 0.717) is 17.9 Å². The largest absolute Gasteiger partial charge is 0.454 e. The first-order valence-electron chi connectivity index (χ1n) is 9.55. The molecule has 1 atom stereocenters. The molecule has 0 bridgehead atoms. The van der Waals surface area contributed by atoms with E-state index in [-0.39, 0.29) is 24.9 Å². The van der Waals surface area contributed by atoms with Crippen LogP contribution in [0.25, 0.3) is 0 Å². The minimum atomic E-state index is -0.157. The maximum Gasteiger partial charge on any atom is 0.338 e. The second-order valence-corrected chi connectivity index (χ2v) is 7.55. The zero-order chi connectivity index (χ0) is 19.3. The Hall–Kier alpha value is -3.22. The third-order valence-corrected chi connectivity index (χ3v) is 5.29. The summed E-state index contributed by atoms with van der Waals surface area (Å²) in [6, 6.07) is 11.5. The predicted molar refractivity (Wildman–Crippen MR) is 106 cm³/mol. The van der Waals surface area contributed by atoms with E-state index in [9.17, 15) is 4.79 Å². The Bertz CT molecular complexity index is 966. The van der Waals surface area contributed by atoms with Crippen LogP contribution in [-0.4, -0.2) is 35.6 Å². The summed E-state index contributed by atoms with van der Waals surface area (Å²) in [5, 5.41) is 9.42. The van der Waals surface area contributed by atoms with Crippen molar-refractivity contribution in [2.24, 2.45) is 5.10 Å². The number of anilines is 1. The highest BCUT2D eigenvalue weighted by Crippen LogP contribution is 2.37. The molecule has 1 fully saturated rings. The summed E-state index contributed by atoms with van der Waals surface area (Å²) < 4.78 is 11.1. The van der Waals surface area contributed by atoms with E-state index in [4.69, 9.17) is 20.3 Å². The zero-order valence-electron chi connectivity index (χ0n) is 15.6. The summed E-state index contributed by atoms with van der Waals surface area (Å²) in [5.74, 6) is 1.43. The first kappa shape index (κ1) is 16.9. The van der Waals surface area contributed by atoms with E-state index >= 15 is 0 Å².